The molecule has 0 heterocycles. The first-order valence-electron chi connectivity index (χ1n) is 5.69. The molecule has 0 aliphatic rings. The molecule has 1 N–H and O–H groups in total. The van der Waals surface area contributed by atoms with Gasteiger partial charge in [-0.2, -0.15) is 0 Å². The molecule has 0 amide bonds. The number of aryl methyl sites for hydroxylation is 1. The minimum absolute atomic E-state index is 0.353. The molecule has 1 heteroatoms. The highest BCUT2D eigenvalue weighted by atomic mass is 16.3. The van der Waals surface area contributed by atoms with Crippen molar-refractivity contribution in [2.24, 2.45) is 0 Å². The fourth-order valence-electron chi connectivity index (χ4n) is 1.97. The Morgan fingerprint density at radius 1 is 0.875 bits per heavy atom. The van der Waals surface area contributed by atoms with Gasteiger partial charge in [0.2, 0.25) is 0 Å². The summed E-state index contributed by atoms with van der Waals surface area (Å²) in [5.41, 5.74) is 3.36. The second-order valence-corrected chi connectivity index (χ2v) is 3.92. The minimum Gasteiger partial charge on any atom is -0.507 e. The molecule has 0 saturated heterocycles. The molecular weight excluding hydrogens is 196 g/mol. The molecule has 2 aromatic rings. The van der Waals surface area contributed by atoms with Crippen LogP contribution in [-0.2, 0) is 6.42 Å². The van der Waals surface area contributed by atoms with Gasteiger partial charge < -0.3 is 5.11 Å². The fraction of sp³-hybridized carbons (Fsp3) is 0.200. The van der Waals surface area contributed by atoms with Crippen molar-refractivity contribution in [1.29, 1.82) is 0 Å². The molecule has 0 unspecified atom stereocenters. The maximum Gasteiger partial charge on any atom is 0.123 e. The SMILES string of the molecule is CCCc1ccccc1-c1ccccc1O. The Labute approximate surface area is 96.4 Å². The van der Waals surface area contributed by atoms with Crippen molar-refractivity contribution in [3.05, 3.63) is 54.1 Å². The van der Waals surface area contributed by atoms with Crippen LogP contribution < -0.4 is 0 Å². The Hall–Kier alpha value is -1.76. The minimum atomic E-state index is 0.353. The molecule has 0 aliphatic carbocycles. The Morgan fingerprint density at radius 3 is 2.19 bits per heavy atom. The molecule has 16 heavy (non-hydrogen) atoms. The molecule has 2 aromatic carbocycles. The molecule has 0 aromatic heterocycles. The number of hydrogen-bond donors (Lipinski definition) is 1. The third-order valence-electron chi connectivity index (χ3n) is 2.73. The summed E-state index contributed by atoms with van der Waals surface area (Å²) in [6.07, 6.45) is 2.16. The van der Waals surface area contributed by atoms with Gasteiger partial charge in [-0.1, -0.05) is 55.8 Å². The van der Waals surface area contributed by atoms with E-state index in [0.29, 0.717) is 5.75 Å². The van der Waals surface area contributed by atoms with E-state index in [1.54, 1.807) is 6.07 Å². The molecule has 0 aliphatic heterocycles. The van der Waals surface area contributed by atoms with Crippen LogP contribution in [0.1, 0.15) is 18.9 Å². The Bertz CT molecular complexity index is 474. The predicted octanol–water partition coefficient (Wildman–Crippen LogP) is 4.01. The van der Waals surface area contributed by atoms with E-state index < -0.39 is 0 Å². The van der Waals surface area contributed by atoms with Gasteiger partial charge in [0.05, 0.1) is 0 Å². The monoisotopic (exact) mass is 212 g/mol. The van der Waals surface area contributed by atoms with Crippen LogP contribution in [0.15, 0.2) is 48.5 Å². The molecule has 0 spiro atoms. The summed E-state index contributed by atoms with van der Waals surface area (Å²) in [5.74, 6) is 0.353. The molecular formula is C15H16O. The molecule has 0 radical (unpaired) electrons. The van der Waals surface area contributed by atoms with Crippen LogP contribution in [0.5, 0.6) is 5.75 Å². The lowest BCUT2D eigenvalue weighted by molar-refractivity contribution is 0.477. The third-order valence-corrected chi connectivity index (χ3v) is 2.73. The highest BCUT2D eigenvalue weighted by molar-refractivity contribution is 5.72. The topological polar surface area (TPSA) is 20.2 Å². The largest absolute Gasteiger partial charge is 0.507 e. The Morgan fingerprint density at radius 2 is 1.50 bits per heavy atom. The average Bonchev–Trinajstić information content (AvgIpc) is 2.31. The fourth-order valence-corrected chi connectivity index (χ4v) is 1.97. The van der Waals surface area contributed by atoms with Crippen LogP contribution in [0.4, 0.5) is 0 Å². The molecule has 0 saturated carbocycles. The summed E-state index contributed by atoms with van der Waals surface area (Å²) in [6, 6.07) is 15.8. The number of benzene rings is 2. The highest BCUT2D eigenvalue weighted by Gasteiger charge is 2.06. The zero-order valence-corrected chi connectivity index (χ0v) is 9.48. The van der Waals surface area contributed by atoms with Crippen molar-refractivity contribution in [3.8, 4) is 16.9 Å². The van der Waals surface area contributed by atoms with E-state index in [4.69, 9.17) is 0 Å². The lowest BCUT2D eigenvalue weighted by Crippen LogP contribution is -1.89. The lowest BCUT2D eigenvalue weighted by Gasteiger charge is -2.10. The van der Waals surface area contributed by atoms with Crippen molar-refractivity contribution < 1.29 is 5.11 Å². The average molecular weight is 212 g/mol. The van der Waals surface area contributed by atoms with E-state index in [2.05, 4.69) is 25.1 Å². The van der Waals surface area contributed by atoms with Gasteiger partial charge in [-0.15, -0.1) is 0 Å². The first-order chi connectivity index (χ1) is 7.83. The van der Waals surface area contributed by atoms with Crippen LogP contribution in [0.2, 0.25) is 0 Å². The third kappa shape index (κ3) is 2.08. The smallest absolute Gasteiger partial charge is 0.123 e. The second-order valence-electron chi connectivity index (χ2n) is 3.92. The van der Waals surface area contributed by atoms with E-state index >= 15 is 0 Å². The number of aromatic hydroxyl groups is 1. The zero-order valence-electron chi connectivity index (χ0n) is 9.48. The van der Waals surface area contributed by atoms with E-state index in [-0.39, 0.29) is 0 Å². The molecule has 0 fully saturated rings. The molecule has 0 bridgehead atoms. The van der Waals surface area contributed by atoms with Gasteiger partial charge in [-0.25, -0.2) is 0 Å². The normalized spacial score (nSPS) is 10.3. The van der Waals surface area contributed by atoms with Gasteiger partial charge in [0.15, 0.2) is 0 Å². The standard InChI is InChI=1S/C15H16O/c1-2-7-12-8-3-4-9-13(12)14-10-5-6-11-15(14)16/h3-6,8-11,16H,2,7H2,1H3. The van der Waals surface area contributed by atoms with Gasteiger partial charge in [0.25, 0.3) is 0 Å². The number of hydrogen-bond acceptors (Lipinski definition) is 1. The Balaban J connectivity index is 2.51. The number of para-hydroxylation sites is 1. The number of phenolic OH excluding ortho intramolecular Hbond substituents is 1. The van der Waals surface area contributed by atoms with Gasteiger partial charge in [0.1, 0.15) is 5.75 Å². The summed E-state index contributed by atoms with van der Waals surface area (Å²) >= 11 is 0. The number of phenols is 1. The molecule has 1 nitrogen and oxygen atoms in total. The van der Waals surface area contributed by atoms with Crippen LogP contribution in [0, 0.1) is 0 Å². The quantitative estimate of drug-likeness (QED) is 0.815. The van der Waals surface area contributed by atoms with E-state index in [1.165, 1.54) is 5.56 Å². The maximum absolute atomic E-state index is 9.86. The summed E-state index contributed by atoms with van der Waals surface area (Å²) in [7, 11) is 0. The van der Waals surface area contributed by atoms with Gasteiger partial charge in [-0.05, 0) is 23.6 Å². The van der Waals surface area contributed by atoms with E-state index in [9.17, 15) is 5.11 Å². The molecule has 0 atom stereocenters. The van der Waals surface area contributed by atoms with Crippen molar-refractivity contribution in [2.45, 2.75) is 19.8 Å². The van der Waals surface area contributed by atoms with Gasteiger partial charge in [-0.3, -0.25) is 0 Å². The van der Waals surface area contributed by atoms with E-state index in [1.807, 2.05) is 24.3 Å². The number of rotatable bonds is 3. The van der Waals surface area contributed by atoms with Crippen LogP contribution in [0.3, 0.4) is 0 Å². The van der Waals surface area contributed by atoms with Crippen LogP contribution >= 0.6 is 0 Å². The highest BCUT2D eigenvalue weighted by Crippen LogP contribution is 2.31. The lowest BCUT2D eigenvalue weighted by atomic mass is 9.96. The summed E-state index contributed by atoms with van der Waals surface area (Å²) in [4.78, 5) is 0. The first-order valence-corrected chi connectivity index (χ1v) is 5.69. The first kappa shape index (κ1) is 10.7. The van der Waals surface area contributed by atoms with Gasteiger partial charge in [0, 0.05) is 5.56 Å². The van der Waals surface area contributed by atoms with Gasteiger partial charge >= 0.3 is 0 Å². The zero-order chi connectivity index (χ0) is 11.4. The predicted molar refractivity (Wildman–Crippen MR) is 67.5 cm³/mol. The molecule has 2 rings (SSSR count). The van der Waals surface area contributed by atoms with Crippen LogP contribution in [0.25, 0.3) is 11.1 Å². The summed E-state index contributed by atoms with van der Waals surface area (Å²) < 4.78 is 0. The van der Waals surface area contributed by atoms with Crippen molar-refractivity contribution in [2.75, 3.05) is 0 Å². The second kappa shape index (κ2) is 4.84. The van der Waals surface area contributed by atoms with E-state index in [0.717, 1.165) is 24.0 Å². The van der Waals surface area contributed by atoms with Crippen molar-refractivity contribution >= 4 is 0 Å². The summed E-state index contributed by atoms with van der Waals surface area (Å²) in [6.45, 7) is 2.17. The molecule has 82 valence electrons. The van der Waals surface area contributed by atoms with Crippen molar-refractivity contribution in [3.63, 3.8) is 0 Å². The Kier molecular flexibility index (Phi) is 3.25. The van der Waals surface area contributed by atoms with Crippen molar-refractivity contribution in [1.82, 2.24) is 0 Å². The maximum atomic E-state index is 9.86. The van der Waals surface area contributed by atoms with Crippen LogP contribution in [-0.4, -0.2) is 5.11 Å². The summed E-state index contributed by atoms with van der Waals surface area (Å²) in [5, 5.41) is 9.86.